The summed E-state index contributed by atoms with van der Waals surface area (Å²) in [5.74, 6) is -0.446. The van der Waals surface area contributed by atoms with E-state index in [4.69, 9.17) is 9.31 Å². The number of hydrogen-bond donors (Lipinski definition) is 4. The molecule has 4 aromatic rings. The fourth-order valence-electron chi connectivity index (χ4n) is 8.29. The normalized spacial score (nSPS) is 23.5. The maximum Gasteiger partial charge on any atom is 0.481 e. The highest BCUT2D eigenvalue weighted by Crippen LogP contribution is 2.61. The van der Waals surface area contributed by atoms with Gasteiger partial charge >= 0.3 is 7.12 Å². The lowest BCUT2D eigenvalue weighted by Crippen LogP contribution is -2.59. The first-order valence-electron chi connectivity index (χ1n) is 18.1. The van der Waals surface area contributed by atoms with Gasteiger partial charge in [0.15, 0.2) is 0 Å². The summed E-state index contributed by atoms with van der Waals surface area (Å²) in [6.07, 6.45) is 9.35. The summed E-state index contributed by atoms with van der Waals surface area (Å²) in [4.78, 5) is 53.3. The first-order valence-corrected chi connectivity index (χ1v) is 18.1. The molecule has 12 heteroatoms. The summed E-state index contributed by atoms with van der Waals surface area (Å²) in [6.45, 7) is 8.87. The van der Waals surface area contributed by atoms with Gasteiger partial charge in [-0.1, -0.05) is 76.2 Å². The molecule has 0 unspecified atom stereocenters. The number of benzene rings is 2. The molecule has 7 atom stereocenters. The standard InChI is InChI=1S/C39H47BN6O5/c1-23(2)16-34(40-50-33-20-26-19-28(35(33)51-40)39(26,3)4)46-37(48)30(17-24-10-6-5-7-11-24)44-36(47)31(45-38(49)32-22-41-14-15-42-32)18-25-21-43-29-13-9-8-12-27(25)29/h5-15,21-23,26,28,30-31,33-35,43H,16-20H2,1-4H3,(H,44,47)(H,45,49)(H,46,48)/t26-,28+,30+,31+,33-,34-,35+/m1/s1. The summed E-state index contributed by atoms with van der Waals surface area (Å²) in [5, 5.41) is 10.1. The zero-order valence-corrected chi connectivity index (χ0v) is 29.7. The molecule has 4 fully saturated rings. The van der Waals surface area contributed by atoms with Crippen molar-refractivity contribution in [3.63, 3.8) is 0 Å². The van der Waals surface area contributed by atoms with E-state index in [2.05, 4.69) is 58.6 Å². The van der Waals surface area contributed by atoms with E-state index in [1.165, 1.54) is 18.6 Å². The number of nitrogens with one attached hydrogen (secondary N) is 4. The lowest BCUT2D eigenvalue weighted by molar-refractivity contribution is -0.150. The highest BCUT2D eigenvalue weighted by Gasteiger charge is 2.62. The van der Waals surface area contributed by atoms with E-state index >= 15 is 0 Å². The van der Waals surface area contributed by atoms with Crippen LogP contribution in [0.2, 0.25) is 0 Å². The number of aromatic nitrogens is 3. The van der Waals surface area contributed by atoms with Gasteiger partial charge in [-0.25, -0.2) is 4.98 Å². The first kappa shape index (κ1) is 34.9. The summed E-state index contributed by atoms with van der Waals surface area (Å²) < 4.78 is 13.2. The second-order valence-corrected chi connectivity index (χ2v) is 15.4. The van der Waals surface area contributed by atoms with Gasteiger partial charge in [0.2, 0.25) is 11.8 Å². The molecule has 3 aliphatic carbocycles. The van der Waals surface area contributed by atoms with E-state index in [-0.39, 0.29) is 48.0 Å². The lowest BCUT2D eigenvalue weighted by Gasteiger charge is -2.60. The maximum atomic E-state index is 14.3. The van der Waals surface area contributed by atoms with E-state index in [0.717, 1.165) is 34.9 Å². The van der Waals surface area contributed by atoms with Crippen molar-refractivity contribution >= 4 is 35.7 Å². The Morgan fingerprint density at radius 2 is 1.67 bits per heavy atom. The molecule has 2 aromatic carbocycles. The number of carbonyl (C=O) groups is 3. The van der Waals surface area contributed by atoms with Crippen LogP contribution in [-0.2, 0) is 31.7 Å². The molecule has 1 saturated heterocycles. The van der Waals surface area contributed by atoms with Gasteiger partial charge in [-0.3, -0.25) is 19.4 Å². The van der Waals surface area contributed by atoms with Gasteiger partial charge < -0.3 is 30.2 Å². The summed E-state index contributed by atoms with van der Waals surface area (Å²) in [5.41, 5.74) is 2.97. The van der Waals surface area contributed by atoms with Gasteiger partial charge in [0.1, 0.15) is 17.8 Å². The molecule has 1 aliphatic heterocycles. The fourth-order valence-corrected chi connectivity index (χ4v) is 8.29. The molecule has 3 saturated carbocycles. The molecule has 3 amide bonds. The van der Waals surface area contributed by atoms with E-state index in [0.29, 0.717) is 18.3 Å². The predicted molar refractivity (Wildman–Crippen MR) is 194 cm³/mol. The van der Waals surface area contributed by atoms with Crippen LogP contribution >= 0.6 is 0 Å². The maximum absolute atomic E-state index is 14.3. The molecular formula is C39H47BN6O5. The van der Waals surface area contributed by atoms with E-state index in [1.807, 2.05) is 60.8 Å². The van der Waals surface area contributed by atoms with Crippen LogP contribution in [0.1, 0.15) is 68.6 Å². The third kappa shape index (κ3) is 7.43. The Morgan fingerprint density at radius 3 is 2.41 bits per heavy atom. The number of carbonyl (C=O) groups excluding carboxylic acids is 3. The fraction of sp³-hybridized carbons (Fsp3) is 0.462. The number of nitrogens with zero attached hydrogens (tertiary/aromatic N) is 2. The molecule has 2 aromatic heterocycles. The van der Waals surface area contributed by atoms with Crippen molar-refractivity contribution in [2.24, 2.45) is 23.2 Å². The van der Waals surface area contributed by atoms with Crippen molar-refractivity contribution in [2.45, 2.75) is 90.0 Å². The zero-order valence-electron chi connectivity index (χ0n) is 29.7. The van der Waals surface area contributed by atoms with Crippen molar-refractivity contribution in [3.8, 4) is 0 Å². The molecule has 2 bridgehead atoms. The Morgan fingerprint density at radius 1 is 0.922 bits per heavy atom. The van der Waals surface area contributed by atoms with Crippen LogP contribution in [0.15, 0.2) is 79.4 Å². The van der Waals surface area contributed by atoms with Crippen LogP contribution in [0.3, 0.4) is 0 Å². The topological polar surface area (TPSA) is 147 Å². The zero-order chi connectivity index (χ0) is 35.7. The van der Waals surface area contributed by atoms with Gasteiger partial charge in [0.25, 0.3) is 5.91 Å². The number of fused-ring (bicyclic) bond motifs is 1. The molecule has 4 aliphatic rings. The second kappa shape index (κ2) is 14.6. The number of aromatic amines is 1. The summed E-state index contributed by atoms with van der Waals surface area (Å²) in [7, 11) is -0.574. The van der Waals surface area contributed by atoms with Crippen molar-refractivity contribution in [1.29, 1.82) is 0 Å². The Hall–Kier alpha value is -4.55. The highest BCUT2D eigenvalue weighted by atomic mass is 16.7. The quantitative estimate of drug-likeness (QED) is 0.152. The molecule has 8 rings (SSSR count). The number of para-hydroxylation sites is 1. The summed E-state index contributed by atoms with van der Waals surface area (Å²) in [6, 6.07) is 15.4. The van der Waals surface area contributed by atoms with Gasteiger partial charge in [0.05, 0.1) is 24.3 Å². The largest absolute Gasteiger partial charge is 0.481 e. The van der Waals surface area contributed by atoms with E-state index in [9.17, 15) is 14.4 Å². The molecule has 266 valence electrons. The monoisotopic (exact) mass is 690 g/mol. The van der Waals surface area contributed by atoms with Crippen LogP contribution < -0.4 is 16.0 Å². The molecule has 0 spiro atoms. The molecule has 3 heterocycles. The number of rotatable bonds is 13. The van der Waals surface area contributed by atoms with Crippen LogP contribution in [0.4, 0.5) is 0 Å². The van der Waals surface area contributed by atoms with Crippen LogP contribution in [-0.4, -0.2) is 70.0 Å². The number of amides is 3. The third-order valence-electron chi connectivity index (χ3n) is 11.2. The first-order chi connectivity index (χ1) is 24.6. The predicted octanol–water partition coefficient (Wildman–Crippen LogP) is 4.43. The van der Waals surface area contributed by atoms with Crippen molar-refractivity contribution in [1.82, 2.24) is 30.9 Å². The Balaban J connectivity index is 1.12. The third-order valence-corrected chi connectivity index (χ3v) is 11.2. The minimum atomic E-state index is -1.02. The molecule has 51 heavy (non-hydrogen) atoms. The van der Waals surface area contributed by atoms with E-state index < -0.39 is 37.0 Å². The Labute approximate surface area is 299 Å². The van der Waals surface area contributed by atoms with Crippen molar-refractivity contribution in [2.75, 3.05) is 0 Å². The number of H-pyrrole nitrogens is 1. The van der Waals surface area contributed by atoms with Crippen LogP contribution in [0.5, 0.6) is 0 Å². The van der Waals surface area contributed by atoms with Gasteiger partial charge in [-0.2, -0.15) is 0 Å². The molecule has 4 N–H and O–H groups in total. The smallest absolute Gasteiger partial charge is 0.404 e. The van der Waals surface area contributed by atoms with Crippen LogP contribution in [0, 0.1) is 23.2 Å². The Kier molecular flexibility index (Phi) is 9.98. The van der Waals surface area contributed by atoms with Crippen LogP contribution in [0.25, 0.3) is 10.9 Å². The minimum absolute atomic E-state index is 0.0181. The Bertz CT molecular complexity index is 1850. The van der Waals surface area contributed by atoms with Crippen molar-refractivity contribution in [3.05, 3.63) is 96.2 Å². The van der Waals surface area contributed by atoms with Gasteiger partial charge in [0, 0.05) is 42.3 Å². The molecule has 0 radical (unpaired) electrons. The van der Waals surface area contributed by atoms with Crippen molar-refractivity contribution < 1.29 is 23.7 Å². The second-order valence-electron chi connectivity index (χ2n) is 15.4. The summed E-state index contributed by atoms with van der Waals surface area (Å²) >= 11 is 0. The molecular weight excluding hydrogens is 643 g/mol. The average molecular weight is 691 g/mol. The minimum Gasteiger partial charge on any atom is -0.404 e. The lowest BCUT2D eigenvalue weighted by atomic mass is 9.47. The molecule has 11 nitrogen and oxygen atoms in total. The van der Waals surface area contributed by atoms with Gasteiger partial charge in [-0.15, -0.1) is 0 Å². The van der Waals surface area contributed by atoms with Gasteiger partial charge in [-0.05, 0) is 59.6 Å². The SMILES string of the molecule is CC(C)C[C@@H](NC(=O)[C@H](Cc1ccccc1)NC(=O)[C@H](Cc1c[nH]c2ccccc12)NC(=O)c1cnccn1)B1O[C@@H]2[C@@H](C[C@H]3C[C@@H]2C3(C)C)O1. The average Bonchev–Trinajstić information content (AvgIpc) is 3.76. The number of hydrogen-bond acceptors (Lipinski definition) is 7. The highest BCUT2D eigenvalue weighted by molar-refractivity contribution is 6.47. The van der Waals surface area contributed by atoms with E-state index in [1.54, 1.807) is 0 Å².